The Morgan fingerprint density at radius 3 is 2.00 bits per heavy atom. The van der Waals surface area contributed by atoms with Crippen molar-refractivity contribution >= 4 is 34.9 Å². The van der Waals surface area contributed by atoms with Crippen molar-refractivity contribution in [3.8, 4) is 0 Å². The predicted molar refractivity (Wildman–Crippen MR) is 43.2 cm³/mol. The Bertz CT molecular complexity index is 197. The van der Waals surface area contributed by atoms with Crippen molar-refractivity contribution in [3.63, 3.8) is 0 Å². The van der Waals surface area contributed by atoms with Gasteiger partial charge in [-0.3, -0.25) is 14.7 Å². The van der Waals surface area contributed by atoms with Crippen LogP contribution in [0.3, 0.4) is 0 Å². The van der Waals surface area contributed by atoms with E-state index in [2.05, 4.69) is 14.7 Å². The van der Waals surface area contributed by atoms with Crippen LogP contribution in [0.1, 0.15) is 0 Å². The number of aromatic nitrogens is 1. The number of halogens is 2. The maximum absolute atomic E-state index is 5.30. The molecule has 0 spiro atoms. The van der Waals surface area contributed by atoms with Gasteiger partial charge in [-0.05, 0) is 6.07 Å². The Morgan fingerprint density at radius 1 is 1.10 bits per heavy atom. The summed E-state index contributed by atoms with van der Waals surface area (Å²) in [5.41, 5.74) is 1.40. The molecule has 0 fully saturated rings. The van der Waals surface area contributed by atoms with Gasteiger partial charge < -0.3 is 0 Å². The maximum Gasteiger partial charge on any atom is 0.0696 e. The predicted octanol–water partition coefficient (Wildman–Crippen LogP) is 2.21. The SMILES string of the molecule is ClNc1cncc(NCl)c1. The summed E-state index contributed by atoms with van der Waals surface area (Å²) >= 11 is 10.6. The highest BCUT2D eigenvalue weighted by atomic mass is 35.5. The minimum atomic E-state index is 0.701. The fraction of sp³-hybridized carbons (Fsp3) is 0. The summed E-state index contributed by atoms with van der Waals surface area (Å²) in [5.74, 6) is 0. The summed E-state index contributed by atoms with van der Waals surface area (Å²) in [5, 5.41) is 0. The molecule has 0 aromatic carbocycles. The molecular formula is C5H5Cl2N3. The molecule has 0 aliphatic rings. The molecule has 10 heavy (non-hydrogen) atoms. The van der Waals surface area contributed by atoms with Crippen molar-refractivity contribution in [2.45, 2.75) is 0 Å². The van der Waals surface area contributed by atoms with E-state index >= 15 is 0 Å². The van der Waals surface area contributed by atoms with Gasteiger partial charge >= 0.3 is 0 Å². The van der Waals surface area contributed by atoms with Crippen LogP contribution in [0.25, 0.3) is 0 Å². The first-order chi connectivity index (χ1) is 4.86. The molecule has 5 heteroatoms. The fourth-order valence-corrected chi connectivity index (χ4v) is 0.750. The number of hydrogen-bond donors (Lipinski definition) is 2. The van der Waals surface area contributed by atoms with Gasteiger partial charge in [-0.1, -0.05) is 0 Å². The second-order valence-corrected chi connectivity index (χ2v) is 2.03. The zero-order chi connectivity index (χ0) is 7.40. The average molecular weight is 178 g/mol. The summed E-state index contributed by atoms with van der Waals surface area (Å²) in [6.07, 6.45) is 3.18. The first-order valence-electron chi connectivity index (χ1n) is 2.55. The Hall–Kier alpha value is -0.670. The molecular weight excluding hydrogens is 173 g/mol. The van der Waals surface area contributed by atoms with Crippen LogP contribution >= 0.6 is 23.6 Å². The van der Waals surface area contributed by atoms with Gasteiger partial charge in [0.15, 0.2) is 0 Å². The lowest BCUT2D eigenvalue weighted by atomic mass is 10.4. The average Bonchev–Trinajstić information content (AvgIpc) is 2.05. The van der Waals surface area contributed by atoms with Gasteiger partial charge in [0.1, 0.15) is 0 Å². The lowest BCUT2D eigenvalue weighted by Gasteiger charge is -1.98. The van der Waals surface area contributed by atoms with E-state index < -0.39 is 0 Å². The van der Waals surface area contributed by atoms with Gasteiger partial charge in [0.2, 0.25) is 0 Å². The molecule has 0 unspecified atom stereocenters. The van der Waals surface area contributed by atoms with E-state index in [-0.39, 0.29) is 0 Å². The lowest BCUT2D eigenvalue weighted by molar-refractivity contribution is 1.33. The Labute approximate surface area is 68.6 Å². The summed E-state index contributed by atoms with van der Waals surface area (Å²) in [6.45, 7) is 0. The Kier molecular flexibility index (Phi) is 2.59. The first-order valence-corrected chi connectivity index (χ1v) is 3.30. The molecule has 3 nitrogen and oxygen atoms in total. The summed E-state index contributed by atoms with van der Waals surface area (Å²) in [4.78, 5) is 8.66. The Balaban J connectivity index is 2.87. The molecule has 1 aromatic heterocycles. The van der Waals surface area contributed by atoms with Gasteiger partial charge in [0, 0.05) is 23.6 Å². The van der Waals surface area contributed by atoms with Crippen molar-refractivity contribution < 1.29 is 0 Å². The van der Waals surface area contributed by atoms with Crippen LogP contribution in [-0.2, 0) is 0 Å². The van der Waals surface area contributed by atoms with Crippen molar-refractivity contribution in [2.24, 2.45) is 0 Å². The van der Waals surface area contributed by atoms with Crippen LogP contribution in [0.15, 0.2) is 18.5 Å². The van der Waals surface area contributed by atoms with Crippen molar-refractivity contribution in [3.05, 3.63) is 18.5 Å². The van der Waals surface area contributed by atoms with Gasteiger partial charge in [0.25, 0.3) is 0 Å². The van der Waals surface area contributed by atoms with Gasteiger partial charge in [-0.2, -0.15) is 0 Å². The molecule has 2 N–H and O–H groups in total. The standard InChI is InChI=1S/C5H5Cl2N3/c6-9-4-1-5(10-7)3-8-2-4/h1-3,9-10H. The van der Waals surface area contributed by atoms with E-state index in [0.717, 1.165) is 0 Å². The van der Waals surface area contributed by atoms with Crippen LogP contribution in [0.4, 0.5) is 11.4 Å². The second kappa shape index (κ2) is 3.49. The molecule has 0 saturated heterocycles. The number of anilines is 2. The molecule has 0 radical (unpaired) electrons. The second-order valence-electron chi connectivity index (χ2n) is 1.65. The van der Waals surface area contributed by atoms with Crippen molar-refractivity contribution in [1.82, 2.24) is 4.98 Å². The van der Waals surface area contributed by atoms with Crippen LogP contribution in [0, 0.1) is 0 Å². The molecule has 1 aromatic rings. The van der Waals surface area contributed by atoms with E-state index in [1.165, 1.54) is 0 Å². The minimum Gasteiger partial charge on any atom is -0.297 e. The highest BCUT2D eigenvalue weighted by Crippen LogP contribution is 2.13. The zero-order valence-electron chi connectivity index (χ0n) is 4.94. The highest BCUT2D eigenvalue weighted by molar-refractivity contribution is 6.25. The minimum absolute atomic E-state index is 0.701. The first kappa shape index (κ1) is 7.44. The van der Waals surface area contributed by atoms with E-state index in [0.29, 0.717) is 11.4 Å². The van der Waals surface area contributed by atoms with E-state index in [1.54, 1.807) is 18.5 Å². The molecule has 1 rings (SSSR count). The third-order valence-corrected chi connectivity index (χ3v) is 1.39. The van der Waals surface area contributed by atoms with Crippen LogP contribution in [0.5, 0.6) is 0 Å². The molecule has 0 atom stereocenters. The molecule has 0 bridgehead atoms. The highest BCUT2D eigenvalue weighted by Gasteiger charge is 1.91. The summed E-state index contributed by atoms with van der Waals surface area (Å²) in [7, 11) is 0. The summed E-state index contributed by atoms with van der Waals surface area (Å²) in [6, 6.07) is 1.73. The van der Waals surface area contributed by atoms with E-state index in [1.807, 2.05) is 0 Å². The molecule has 0 amide bonds. The van der Waals surface area contributed by atoms with Crippen LogP contribution in [-0.4, -0.2) is 4.98 Å². The number of pyridine rings is 1. The molecule has 0 saturated carbocycles. The largest absolute Gasteiger partial charge is 0.297 e. The number of nitrogens with zero attached hydrogens (tertiary/aromatic N) is 1. The lowest BCUT2D eigenvalue weighted by Crippen LogP contribution is -1.85. The monoisotopic (exact) mass is 177 g/mol. The van der Waals surface area contributed by atoms with E-state index in [9.17, 15) is 0 Å². The molecule has 0 aliphatic carbocycles. The topological polar surface area (TPSA) is 37.0 Å². The zero-order valence-corrected chi connectivity index (χ0v) is 6.45. The van der Waals surface area contributed by atoms with E-state index in [4.69, 9.17) is 23.6 Å². The third-order valence-electron chi connectivity index (χ3n) is 0.956. The number of rotatable bonds is 2. The van der Waals surface area contributed by atoms with Gasteiger partial charge in [0.05, 0.1) is 23.8 Å². The van der Waals surface area contributed by atoms with Crippen LogP contribution < -0.4 is 9.67 Å². The quantitative estimate of drug-likeness (QED) is 0.681. The van der Waals surface area contributed by atoms with Crippen molar-refractivity contribution in [1.29, 1.82) is 0 Å². The molecule has 0 aliphatic heterocycles. The molecule has 1 heterocycles. The third kappa shape index (κ3) is 1.65. The normalized spacial score (nSPS) is 9.00. The number of nitrogens with one attached hydrogen (secondary N) is 2. The maximum atomic E-state index is 5.30. The number of hydrogen-bond acceptors (Lipinski definition) is 3. The van der Waals surface area contributed by atoms with Crippen molar-refractivity contribution in [2.75, 3.05) is 9.67 Å². The summed E-state index contributed by atoms with van der Waals surface area (Å²) < 4.78 is 0. The van der Waals surface area contributed by atoms with Gasteiger partial charge in [-0.25, -0.2) is 0 Å². The Morgan fingerprint density at radius 2 is 1.60 bits per heavy atom. The molecule has 54 valence electrons. The smallest absolute Gasteiger partial charge is 0.0696 e. The van der Waals surface area contributed by atoms with Gasteiger partial charge in [-0.15, -0.1) is 0 Å². The fourth-order valence-electron chi connectivity index (χ4n) is 0.543. The van der Waals surface area contributed by atoms with Crippen LogP contribution in [0.2, 0.25) is 0 Å².